The highest BCUT2D eigenvalue weighted by Crippen LogP contribution is 2.28. The molecule has 0 bridgehead atoms. The average molecular weight is 516 g/mol. The van der Waals surface area contributed by atoms with Crippen LogP contribution in [0.15, 0.2) is 66.0 Å². The summed E-state index contributed by atoms with van der Waals surface area (Å²) >= 11 is 1.52. The Labute approximate surface area is 213 Å². The van der Waals surface area contributed by atoms with E-state index in [1.54, 1.807) is 23.1 Å². The van der Waals surface area contributed by atoms with Gasteiger partial charge in [-0.3, -0.25) is 14.2 Å². The summed E-state index contributed by atoms with van der Waals surface area (Å²) < 4.78 is 9.60. The Hall–Kier alpha value is -4.78. The van der Waals surface area contributed by atoms with Crippen LogP contribution >= 0.6 is 11.3 Å². The zero-order valence-corrected chi connectivity index (χ0v) is 20.2. The minimum absolute atomic E-state index is 0.176. The molecule has 4 N–H and O–H groups in total. The second kappa shape index (κ2) is 9.35. The molecule has 1 atom stereocenters. The molecule has 4 aromatic heterocycles. The van der Waals surface area contributed by atoms with E-state index >= 15 is 0 Å². The number of nitrogens with two attached hydrogens (primary N) is 1. The Kier molecular flexibility index (Phi) is 5.73. The summed E-state index contributed by atoms with van der Waals surface area (Å²) in [6.07, 6.45) is 4.79. The van der Waals surface area contributed by atoms with Crippen molar-refractivity contribution in [2.75, 3.05) is 17.7 Å². The van der Waals surface area contributed by atoms with Crippen molar-refractivity contribution in [3.8, 4) is 11.6 Å². The van der Waals surface area contributed by atoms with Gasteiger partial charge in [-0.05, 0) is 24.3 Å². The fourth-order valence-corrected chi connectivity index (χ4v) is 5.01. The molecule has 1 aliphatic heterocycles. The number of thiophene rings is 1. The van der Waals surface area contributed by atoms with Gasteiger partial charge in [0.2, 0.25) is 11.8 Å². The molecule has 5 aromatic rings. The number of hydrogen-bond donors (Lipinski definition) is 3. The second-order valence-electron chi connectivity index (χ2n) is 8.43. The number of fused-ring (bicyclic) bond motifs is 2. The summed E-state index contributed by atoms with van der Waals surface area (Å²) in [6.45, 7) is 0.370. The van der Waals surface area contributed by atoms with Crippen LogP contribution in [0.25, 0.3) is 15.8 Å². The predicted molar refractivity (Wildman–Crippen MR) is 138 cm³/mol. The van der Waals surface area contributed by atoms with Crippen molar-refractivity contribution in [1.29, 1.82) is 0 Å². The first kappa shape index (κ1) is 22.7. The molecular formula is C24H21N9O3S. The van der Waals surface area contributed by atoms with Gasteiger partial charge in [0.1, 0.15) is 37.0 Å². The molecule has 6 rings (SSSR count). The largest absolute Gasteiger partial charge is 0.473 e. The van der Waals surface area contributed by atoms with E-state index in [0.29, 0.717) is 18.1 Å². The highest BCUT2D eigenvalue weighted by Gasteiger charge is 2.27. The van der Waals surface area contributed by atoms with Crippen molar-refractivity contribution < 1.29 is 9.53 Å². The van der Waals surface area contributed by atoms with Crippen LogP contribution in [-0.4, -0.2) is 42.0 Å². The van der Waals surface area contributed by atoms with E-state index in [4.69, 9.17) is 10.5 Å². The summed E-state index contributed by atoms with van der Waals surface area (Å²) in [4.78, 5) is 35.0. The van der Waals surface area contributed by atoms with Gasteiger partial charge >= 0.3 is 0 Å². The van der Waals surface area contributed by atoms with Crippen molar-refractivity contribution in [2.45, 2.75) is 19.1 Å². The lowest BCUT2D eigenvalue weighted by Crippen LogP contribution is -2.36. The standard InChI is InChI=1S/C24H21N9O3S/c25-20-7-19-14(8-26-20)6-16(37-19)9-27-21(34)11-32-13-28-23-22(24(32)35)29-18(12-36-23)17-10-33(31-30-17)15-4-2-1-3-5-15/h1-8,10,13,18,29H,9,11-12H2,(H2,25,26)(H,27,34)/t18-/m0/s1. The van der Waals surface area contributed by atoms with E-state index in [-0.39, 0.29) is 30.6 Å². The fraction of sp³-hybridized carbons (Fsp3) is 0.167. The van der Waals surface area contributed by atoms with Crippen LogP contribution in [0.4, 0.5) is 11.5 Å². The first-order valence-corrected chi connectivity index (χ1v) is 12.2. The van der Waals surface area contributed by atoms with Crippen LogP contribution in [0.2, 0.25) is 0 Å². The van der Waals surface area contributed by atoms with Gasteiger partial charge in [-0.25, -0.2) is 14.6 Å². The molecule has 0 saturated heterocycles. The molecule has 5 heterocycles. The number of hydrogen-bond acceptors (Lipinski definition) is 10. The molecule has 0 saturated carbocycles. The summed E-state index contributed by atoms with van der Waals surface area (Å²) in [5.74, 6) is 0.314. The SMILES string of the molecule is Nc1cc2sc(CNC(=O)Cn3cnc4c(c3=O)N[C@H](c3cn(-c5ccccc5)nn3)CO4)cc2cn1. The van der Waals surface area contributed by atoms with E-state index < -0.39 is 11.6 Å². The Morgan fingerprint density at radius 1 is 1.24 bits per heavy atom. The smallest absolute Gasteiger partial charge is 0.281 e. The molecule has 13 heteroatoms. The van der Waals surface area contributed by atoms with E-state index in [2.05, 4.69) is 30.9 Å². The van der Waals surface area contributed by atoms with Gasteiger partial charge in [0.25, 0.3) is 5.56 Å². The van der Waals surface area contributed by atoms with Crippen LogP contribution in [0.3, 0.4) is 0 Å². The zero-order valence-electron chi connectivity index (χ0n) is 19.4. The molecule has 1 amide bonds. The highest BCUT2D eigenvalue weighted by atomic mass is 32.1. The quantitative estimate of drug-likeness (QED) is 0.307. The number of para-hydroxylation sites is 1. The van der Waals surface area contributed by atoms with Gasteiger partial charge in [-0.15, -0.1) is 16.4 Å². The number of aromatic nitrogens is 6. The number of pyridine rings is 1. The maximum Gasteiger partial charge on any atom is 0.281 e. The number of nitrogens with zero attached hydrogens (tertiary/aromatic N) is 6. The highest BCUT2D eigenvalue weighted by molar-refractivity contribution is 7.19. The number of anilines is 2. The molecule has 0 unspecified atom stereocenters. The van der Waals surface area contributed by atoms with Gasteiger partial charge < -0.3 is 21.1 Å². The lowest BCUT2D eigenvalue weighted by atomic mass is 10.2. The van der Waals surface area contributed by atoms with E-state index in [1.165, 1.54) is 22.2 Å². The number of carbonyl (C=O) groups excluding carboxylic acids is 1. The first-order chi connectivity index (χ1) is 18.0. The molecule has 0 radical (unpaired) electrons. The summed E-state index contributed by atoms with van der Waals surface area (Å²) in [5, 5.41) is 15.4. The fourth-order valence-electron chi connectivity index (χ4n) is 3.99. The van der Waals surface area contributed by atoms with Crippen molar-refractivity contribution in [3.05, 3.63) is 82.1 Å². The normalized spacial score (nSPS) is 14.5. The Morgan fingerprint density at radius 2 is 2.11 bits per heavy atom. The third kappa shape index (κ3) is 4.59. The van der Waals surface area contributed by atoms with Crippen molar-refractivity contribution >= 4 is 38.8 Å². The minimum atomic E-state index is -0.413. The van der Waals surface area contributed by atoms with Gasteiger partial charge in [0, 0.05) is 21.2 Å². The van der Waals surface area contributed by atoms with Crippen LogP contribution in [0.5, 0.6) is 5.88 Å². The Bertz CT molecular complexity index is 1660. The number of nitrogens with one attached hydrogen (secondary N) is 2. The van der Waals surface area contributed by atoms with E-state index in [0.717, 1.165) is 20.7 Å². The van der Waals surface area contributed by atoms with Gasteiger partial charge in [-0.1, -0.05) is 23.4 Å². The Morgan fingerprint density at radius 3 is 2.97 bits per heavy atom. The van der Waals surface area contributed by atoms with E-state index in [9.17, 15) is 9.59 Å². The molecule has 1 aromatic carbocycles. The number of amides is 1. The Balaban J connectivity index is 1.13. The zero-order chi connectivity index (χ0) is 25.4. The number of carbonyl (C=O) groups is 1. The third-order valence-corrected chi connectivity index (χ3v) is 6.94. The third-order valence-electron chi connectivity index (χ3n) is 5.84. The van der Waals surface area contributed by atoms with Gasteiger partial charge in [0.15, 0.2) is 5.69 Å². The molecular weight excluding hydrogens is 494 g/mol. The van der Waals surface area contributed by atoms with Crippen molar-refractivity contribution in [1.82, 2.24) is 34.8 Å². The number of ether oxygens (including phenoxy) is 1. The van der Waals surface area contributed by atoms with Crippen molar-refractivity contribution in [2.24, 2.45) is 0 Å². The molecule has 12 nitrogen and oxygen atoms in total. The number of benzene rings is 1. The average Bonchev–Trinajstić information content (AvgIpc) is 3.57. The van der Waals surface area contributed by atoms with Crippen LogP contribution < -0.4 is 26.7 Å². The molecule has 186 valence electrons. The molecule has 0 fully saturated rings. The lowest BCUT2D eigenvalue weighted by molar-refractivity contribution is -0.121. The second-order valence-corrected chi connectivity index (χ2v) is 9.59. The molecule has 1 aliphatic rings. The monoisotopic (exact) mass is 515 g/mol. The van der Waals surface area contributed by atoms with Crippen LogP contribution in [0.1, 0.15) is 16.6 Å². The molecule has 0 aliphatic carbocycles. The number of rotatable bonds is 6. The summed E-state index contributed by atoms with van der Waals surface area (Å²) in [6, 6.07) is 12.9. The summed E-state index contributed by atoms with van der Waals surface area (Å²) in [5.41, 5.74) is 6.98. The van der Waals surface area contributed by atoms with Crippen LogP contribution in [0, 0.1) is 0 Å². The maximum absolute atomic E-state index is 13.1. The molecule has 0 spiro atoms. The summed E-state index contributed by atoms with van der Waals surface area (Å²) in [7, 11) is 0. The first-order valence-electron chi connectivity index (χ1n) is 11.4. The molecule has 37 heavy (non-hydrogen) atoms. The van der Waals surface area contributed by atoms with Gasteiger partial charge in [-0.2, -0.15) is 0 Å². The van der Waals surface area contributed by atoms with Crippen LogP contribution in [-0.2, 0) is 17.9 Å². The lowest BCUT2D eigenvalue weighted by Gasteiger charge is -2.24. The minimum Gasteiger partial charge on any atom is -0.473 e. The number of nitrogen functional groups attached to an aromatic ring is 1. The van der Waals surface area contributed by atoms with E-state index in [1.807, 2.05) is 36.4 Å². The maximum atomic E-state index is 13.1. The topological polar surface area (TPSA) is 155 Å². The van der Waals surface area contributed by atoms with Crippen molar-refractivity contribution in [3.63, 3.8) is 0 Å². The van der Waals surface area contributed by atoms with Gasteiger partial charge in [0.05, 0.1) is 18.4 Å². The predicted octanol–water partition coefficient (Wildman–Crippen LogP) is 1.88.